The highest BCUT2D eigenvalue weighted by molar-refractivity contribution is 5.66. The summed E-state index contributed by atoms with van der Waals surface area (Å²) in [5.41, 5.74) is 0.172. The minimum Gasteiger partial charge on any atom is -0.386 e. The first-order valence-electron chi connectivity index (χ1n) is 6.51. The average molecular weight is 308 g/mol. The van der Waals surface area contributed by atoms with E-state index >= 15 is 0 Å². The number of aliphatic hydroxyl groups is 1. The van der Waals surface area contributed by atoms with Crippen LogP contribution in [0.4, 0.5) is 20.2 Å². The van der Waals surface area contributed by atoms with Crippen LogP contribution in [0.1, 0.15) is 17.2 Å². The highest BCUT2D eigenvalue weighted by atomic mass is 19.1. The van der Waals surface area contributed by atoms with Crippen LogP contribution in [0.25, 0.3) is 0 Å². The molecular formula is C15H14F2N2O3. The third-order valence-electron chi connectivity index (χ3n) is 3.25. The maximum Gasteiger partial charge on any atom is 0.292 e. The number of benzene rings is 2. The molecule has 7 heteroatoms. The second-order valence-electron chi connectivity index (χ2n) is 4.76. The zero-order valence-corrected chi connectivity index (χ0v) is 11.7. The number of nitrogens with one attached hydrogen (secondary N) is 1. The zero-order valence-electron chi connectivity index (χ0n) is 11.7. The molecule has 2 rings (SSSR count). The Morgan fingerprint density at radius 3 is 2.41 bits per heavy atom. The molecule has 116 valence electrons. The predicted octanol–water partition coefficient (Wildman–Crippen LogP) is 3.33. The van der Waals surface area contributed by atoms with Crippen molar-refractivity contribution < 1.29 is 18.8 Å². The number of aryl methyl sites for hydroxylation is 1. The van der Waals surface area contributed by atoms with Crippen molar-refractivity contribution in [1.29, 1.82) is 0 Å². The van der Waals surface area contributed by atoms with E-state index in [0.29, 0.717) is 5.56 Å². The minimum absolute atomic E-state index is 0.166. The molecule has 0 amide bonds. The van der Waals surface area contributed by atoms with Gasteiger partial charge in [-0.25, -0.2) is 8.78 Å². The molecule has 0 heterocycles. The van der Waals surface area contributed by atoms with Crippen molar-refractivity contribution in [2.75, 3.05) is 11.9 Å². The van der Waals surface area contributed by atoms with Gasteiger partial charge in [0.25, 0.3) is 5.69 Å². The molecule has 2 N–H and O–H groups in total. The Morgan fingerprint density at radius 1 is 1.23 bits per heavy atom. The fourth-order valence-corrected chi connectivity index (χ4v) is 2.16. The van der Waals surface area contributed by atoms with Crippen molar-refractivity contribution in [1.82, 2.24) is 0 Å². The zero-order chi connectivity index (χ0) is 16.3. The van der Waals surface area contributed by atoms with Crippen LogP contribution in [0.5, 0.6) is 0 Å². The molecule has 0 radical (unpaired) electrons. The van der Waals surface area contributed by atoms with Gasteiger partial charge in [-0.15, -0.1) is 0 Å². The highest BCUT2D eigenvalue weighted by Crippen LogP contribution is 2.29. The summed E-state index contributed by atoms with van der Waals surface area (Å²) in [6, 6.07) is 7.78. The van der Waals surface area contributed by atoms with Crippen LogP contribution in [-0.2, 0) is 0 Å². The maximum absolute atomic E-state index is 13.6. The number of nitro benzene ring substituents is 1. The first kappa shape index (κ1) is 15.8. The van der Waals surface area contributed by atoms with E-state index in [-0.39, 0.29) is 17.9 Å². The number of anilines is 1. The number of rotatable bonds is 5. The standard InChI is InChI=1S/C15H14F2N2O3/c1-9-4-2-7-12(19(21)22)15(9)18-8-13(20)14-10(16)5-3-6-11(14)17/h2-7,13,18,20H,8H2,1H3. The van der Waals surface area contributed by atoms with Crippen molar-refractivity contribution in [3.8, 4) is 0 Å². The maximum atomic E-state index is 13.6. The van der Waals surface area contributed by atoms with E-state index in [1.165, 1.54) is 18.2 Å². The van der Waals surface area contributed by atoms with Gasteiger partial charge in [0.2, 0.25) is 0 Å². The molecular weight excluding hydrogens is 294 g/mol. The Morgan fingerprint density at radius 2 is 1.82 bits per heavy atom. The lowest BCUT2D eigenvalue weighted by Gasteiger charge is -2.15. The molecule has 0 spiro atoms. The molecule has 1 unspecified atom stereocenters. The van der Waals surface area contributed by atoms with E-state index in [9.17, 15) is 24.0 Å². The number of nitro groups is 1. The number of nitrogens with zero attached hydrogens (tertiary/aromatic N) is 1. The Balaban J connectivity index is 2.22. The van der Waals surface area contributed by atoms with Crippen molar-refractivity contribution >= 4 is 11.4 Å². The van der Waals surface area contributed by atoms with Crippen molar-refractivity contribution in [2.24, 2.45) is 0 Å². The lowest BCUT2D eigenvalue weighted by molar-refractivity contribution is -0.384. The average Bonchev–Trinajstić information content (AvgIpc) is 2.45. The number of halogens is 2. The Labute approximate surface area is 125 Å². The summed E-state index contributed by atoms with van der Waals surface area (Å²) in [5, 5.41) is 23.6. The number of hydrogen-bond acceptors (Lipinski definition) is 4. The fourth-order valence-electron chi connectivity index (χ4n) is 2.16. The second kappa shape index (κ2) is 6.48. The molecule has 5 nitrogen and oxygen atoms in total. The van der Waals surface area contributed by atoms with Crippen LogP contribution in [0, 0.1) is 28.7 Å². The molecule has 0 aliphatic carbocycles. The van der Waals surface area contributed by atoms with E-state index in [1.807, 2.05) is 0 Å². The van der Waals surface area contributed by atoms with Crippen molar-refractivity contribution in [3.05, 3.63) is 69.3 Å². The number of hydrogen-bond donors (Lipinski definition) is 2. The first-order valence-corrected chi connectivity index (χ1v) is 6.51. The Hall–Kier alpha value is -2.54. The molecule has 0 saturated carbocycles. The number of para-hydroxylation sites is 1. The van der Waals surface area contributed by atoms with Gasteiger partial charge in [-0.3, -0.25) is 10.1 Å². The van der Waals surface area contributed by atoms with Crippen LogP contribution in [0.15, 0.2) is 36.4 Å². The summed E-state index contributed by atoms with van der Waals surface area (Å²) in [6.07, 6.45) is -1.47. The summed E-state index contributed by atoms with van der Waals surface area (Å²) in [5.74, 6) is -1.73. The largest absolute Gasteiger partial charge is 0.386 e. The quantitative estimate of drug-likeness (QED) is 0.656. The minimum atomic E-state index is -1.47. The molecule has 0 aliphatic rings. The van der Waals surface area contributed by atoms with Gasteiger partial charge in [-0.1, -0.05) is 18.2 Å². The van der Waals surface area contributed by atoms with Gasteiger partial charge in [0, 0.05) is 12.6 Å². The second-order valence-corrected chi connectivity index (χ2v) is 4.76. The Kier molecular flexibility index (Phi) is 4.67. The normalized spacial score (nSPS) is 12.0. The Bertz CT molecular complexity index is 687. The molecule has 2 aromatic rings. The first-order chi connectivity index (χ1) is 10.4. The summed E-state index contributed by atoms with van der Waals surface area (Å²) in [6.45, 7) is 1.40. The number of aliphatic hydroxyl groups excluding tert-OH is 1. The third-order valence-corrected chi connectivity index (χ3v) is 3.25. The summed E-state index contributed by atoms with van der Waals surface area (Å²) in [7, 11) is 0. The van der Waals surface area contributed by atoms with Crippen molar-refractivity contribution in [2.45, 2.75) is 13.0 Å². The van der Waals surface area contributed by atoms with E-state index in [0.717, 1.165) is 12.1 Å². The third kappa shape index (κ3) is 3.20. The van der Waals surface area contributed by atoms with Gasteiger partial charge in [-0.05, 0) is 24.6 Å². The monoisotopic (exact) mass is 308 g/mol. The molecule has 0 bridgehead atoms. The van der Waals surface area contributed by atoms with E-state index in [4.69, 9.17) is 0 Å². The van der Waals surface area contributed by atoms with Crippen LogP contribution in [0.2, 0.25) is 0 Å². The van der Waals surface area contributed by atoms with Crippen LogP contribution >= 0.6 is 0 Å². The molecule has 22 heavy (non-hydrogen) atoms. The lowest BCUT2D eigenvalue weighted by Crippen LogP contribution is -2.16. The van der Waals surface area contributed by atoms with Gasteiger partial charge in [0.1, 0.15) is 23.4 Å². The molecule has 0 saturated heterocycles. The van der Waals surface area contributed by atoms with Gasteiger partial charge >= 0.3 is 0 Å². The van der Waals surface area contributed by atoms with E-state index in [2.05, 4.69) is 5.32 Å². The molecule has 0 fully saturated rings. The van der Waals surface area contributed by atoms with E-state index in [1.54, 1.807) is 13.0 Å². The molecule has 0 aromatic heterocycles. The molecule has 1 atom stereocenters. The fraction of sp³-hybridized carbons (Fsp3) is 0.200. The van der Waals surface area contributed by atoms with Gasteiger partial charge in [-0.2, -0.15) is 0 Å². The lowest BCUT2D eigenvalue weighted by atomic mass is 10.1. The van der Waals surface area contributed by atoms with Gasteiger partial charge in [0.15, 0.2) is 0 Å². The van der Waals surface area contributed by atoms with Crippen LogP contribution in [-0.4, -0.2) is 16.6 Å². The topological polar surface area (TPSA) is 75.4 Å². The smallest absolute Gasteiger partial charge is 0.292 e. The van der Waals surface area contributed by atoms with E-state index < -0.39 is 28.2 Å². The van der Waals surface area contributed by atoms with Gasteiger partial charge in [0.05, 0.1) is 10.5 Å². The van der Waals surface area contributed by atoms with Crippen LogP contribution < -0.4 is 5.32 Å². The SMILES string of the molecule is Cc1cccc([N+](=O)[O-])c1NCC(O)c1c(F)cccc1F. The summed E-state index contributed by atoms with van der Waals surface area (Å²) in [4.78, 5) is 10.4. The molecule has 2 aromatic carbocycles. The molecule has 0 aliphatic heterocycles. The summed E-state index contributed by atoms with van der Waals surface area (Å²) >= 11 is 0. The predicted molar refractivity (Wildman–Crippen MR) is 77.6 cm³/mol. The van der Waals surface area contributed by atoms with Crippen molar-refractivity contribution in [3.63, 3.8) is 0 Å². The summed E-state index contributed by atoms with van der Waals surface area (Å²) < 4.78 is 27.2. The highest BCUT2D eigenvalue weighted by Gasteiger charge is 2.20. The van der Waals surface area contributed by atoms with Gasteiger partial charge < -0.3 is 10.4 Å². The van der Waals surface area contributed by atoms with Crippen LogP contribution in [0.3, 0.4) is 0 Å².